The number of nitrogens with two attached hydrogens (primary N) is 2. The molecule has 0 saturated carbocycles. The highest BCUT2D eigenvalue weighted by Gasteiger charge is 1.88. The van der Waals surface area contributed by atoms with Crippen LogP contribution >= 0.6 is 0 Å². The number of phenolic OH excluding ortho intramolecular Hbond substituents is 2. The molecule has 2 rings (SSSR count). The van der Waals surface area contributed by atoms with Gasteiger partial charge in [-0.25, -0.2) is 0 Å². The normalized spacial score (nSPS) is 8.33. The monoisotopic (exact) mass is 248 g/mol. The molecule has 0 amide bonds. The highest BCUT2D eigenvalue weighted by atomic mass is 16.3. The molecular weight excluding hydrogens is 228 g/mol. The summed E-state index contributed by atoms with van der Waals surface area (Å²) >= 11 is 0. The lowest BCUT2D eigenvalue weighted by Gasteiger charge is -1.92. The molecule has 4 heteroatoms. The van der Waals surface area contributed by atoms with Crippen molar-refractivity contribution in [3.05, 3.63) is 48.5 Å². The molecule has 0 aromatic heterocycles. The van der Waals surface area contributed by atoms with Gasteiger partial charge >= 0.3 is 0 Å². The lowest BCUT2D eigenvalue weighted by atomic mass is 10.3. The average molecular weight is 248 g/mol. The first-order valence-electron chi connectivity index (χ1n) is 5.68. The molecule has 0 saturated heterocycles. The van der Waals surface area contributed by atoms with E-state index in [4.69, 9.17) is 21.7 Å². The summed E-state index contributed by atoms with van der Waals surface area (Å²) in [6.45, 7) is 4.00. The predicted octanol–water partition coefficient (Wildman–Crippen LogP) is 2.98. The second-order valence-corrected chi connectivity index (χ2v) is 3.12. The zero-order valence-corrected chi connectivity index (χ0v) is 10.7. The van der Waals surface area contributed by atoms with Gasteiger partial charge in [-0.1, -0.05) is 38.1 Å². The maximum absolute atomic E-state index is 8.79. The first-order valence-corrected chi connectivity index (χ1v) is 5.68. The van der Waals surface area contributed by atoms with Gasteiger partial charge in [-0.05, 0) is 24.3 Å². The van der Waals surface area contributed by atoms with Crippen molar-refractivity contribution >= 4 is 11.4 Å². The van der Waals surface area contributed by atoms with Crippen LogP contribution in [0.5, 0.6) is 11.5 Å². The summed E-state index contributed by atoms with van der Waals surface area (Å²) in [6, 6.07) is 13.4. The number of benzene rings is 2. The van der Waals surface area contributed by atoms with Crippen LogP contribution in [0.3, 0.4) is 0 Å². The molecular formula is C14H20N2O2. The topological polar surface area (TPSA) is 92.5 Å². The Morgan fingerprint density at radius 3 is 1.11 bits per heavy atom. The van der Waals surface area contributed by atoms with Crippen molar-refractivity contribution in [2.24, 2.45) is 0 Å². The smallest absolute Gasteiger partial charge is 0.138 e. The van der Waals surface area contributed by atoms with Gasteiger partial charge in [-0.15, -0.1) is 0 Å². The van der Waals surface area contributed by atoms with Crippen molar-refractivity contribution in [1.82, 2.24) is 0 Å². The van der Waals surface area contributed by atoms with Crippen LogP contribution in [0.25, 0.3) is 0 Å². The molecule has 0 unspecified atom stereocenters. The minimum absolute atomic E-state index is 0.146. The zero-order chi connectivity index (χ0) is 14.0. The van der Waals surface area contributed by atoms with E-state index in [-0.39, 0.29) is 11.5 Å². The second-order valence-electron chi connectivity index (χ2n) is 3.12. The fourth-order valence-corrected chi connectivity index (χ4v) is 0.975. The van der Waals surface area contributed by atoms with Crippen LogP contribution in [-0.4, -0.2) is 10.2 Å². The summed E-state index contributed by atoms with van der Waals surface area (Å²) in [7, 11) is 0. The molecule has 18 heavy (non-hydrogen) atoms. The van der Waals surface area contributed by atoms with Crippen molar-refractivity contribution in [2.75, 3.05) is 11.5 Å². The van der Waals surface area contributed by atoms with E-state index >= 15 is 0 Å². The molecule has 4 nitrogen and oxygen atoms in total. The number of rotatable bonds is 0. The molecule has 2 aromatic rings. The number of aromatic hydroxyl groups is 2. The molecule has 0 bridgehead atoms. The highest BCUT2D eigenvalue weighted by Crippen LogP contribution is 2.16. The van der Waals surface area contributed by atoms with Crippen LogP contribution in [-0.2, 0) is 0 Å². The lowest BCUT2D eigenvalue weighted by molar-refractivity contribution is 0.477. The van der Waals surface area contributed by atoms with Gasteiger partial charge in [-0.3, -0.25) is 0 Å². The number of nitrogen functional groups attached to an aromatic ring is 2. The number of anilines is 2. The largest absolute Gasteiger partial charge is 0.506 e. The summed E-state index contributed by atoms with van der Waals surface area (Å²) in [5.74, 6) is 0.292. The van der Waals surface area contributed by atoms with Crippen molar-refractivity contribution in [2.45, 2.75) is 13.8 Å². The van der Waals surface area contributed by atoms with Gasteiger partial charge in [0.2, 0.25) is 0 Å². The van der Waals surface area contributed by atoms with E-state index in [1.807, 2.05) is 13.8 Å². The summed E-state index contributed by atoms with van der Waals surface area (Å²) in [5, 5.41) is 17.6. The van der Waals surface area contributed by atoms with Gasteiger partial charge in [0.15, 0.2) is 0 Å². The number of hydrogen-bond donors (Lipinski definition) is 4. The van der Waals surface area contributed by atoms with E-state index in [0.29, 0.717) is 11.4 Å². The van der Waals surface area contributed by atoms with Gasteiger partial charge in [0.25, 0.3) is 0 Å². The summed E-state index contributed by atoms with van der Waals surface area (Å²) in [4.78, 5) is 0. The van der Waals surface area contributed by atoms with E-state index in [0.717, 1.165) is 0 Å². The quantitative estimate of drug-likeness (QED) is 0.426. The van der Waals surface area contributed by atoms with Crippen molar-refractivity contribution < 1.29 is 10.2 Å². The molecule has 0 aliphatic heterocycles. The predicted molar refractivity (Wildman–Crippen MR) is 76.4 cm³/mol. The van der Waals surface area contributed by atoms with Crippen molar-refractivity contribution in [3.8, 4) is 11.5 Å². The Hall–Kier alpha value is -2.36. The van der Waals surface area contributed by atoms with Crippen LogP contribution in [0.15, 0.2) is 48.5 Å². The average Bonchev–Trinajstić information content (AvgIpc) is 2.40. The molecule has 6 N–H and O–H groups in total. The fraction of sp³-hybridized carbons (Fsp3) is 0.143. The lowest BCUT2D eigenvalue weighted by Crippen LogP contribution is -1.82. The van der Waals surface area contributed by atoms with Crippen LogP contribution in [0.2, 0.25) is 0 Å². The Morgan fingerprint density at radius 1 is 0.667 bits per heavy atom. The van der Waals surface area contributed by atoms with Gasteiger partial charge in [0, 0.05) is 0 Å². The first kappa shape index (κ1) is 15.6. The standard InChI is InChI=1S/2C6H7NO.C2H6/c2*7-5-3-1-2-4-6(5)8;1-2/h2*1-4,8H,7H2;1-2H3. The molecule has 0 fully saturated rings. The van der Waals surface area contributed by atoms with Crippen LogP contribution in [0.1, 0.15) is 13.8 Å². The molecule has 2 aromatic carbocycles. The molecule has 0 spiro atoms. The zero-order valence-electron chi connectivity index (χ0n) is 10.7. The SMILES string of the molecule is CC.Nc1ccccc1O.Nc1ccccc1O. The van der Waals surface area contributed by atoms with Gasteiger partial charge in [0.05, 0.1) is 11.4 Å². The van der Waals surface area contributed by atoms with Gasteiger partial charge in [-0.2, -0.15) is 0 Å². The number of phenols is 2. The Bertz CT molecular complexity index is 374. The molecule has 0 radical (unpaired) electrons. The minimum atomic E-state index is 0.146. The Balaban J connectivity index is 0.000000283. The van der Waals surface area contributed by atoms with E-state index < -0.39 is 0 Å². The Labute approximate surface area is 107 Å². The summed E-state index contributed by atoms with van der Waals surface area (Å²) in [6.07, 6.45) is 0. The third-order valence-corrected chi connectivity index (χ3v) is 1.87. The van der Waals surface area contributed by atoms with Gasteiger partial charge < -0.3 is 21.7 Å². The molecule has 0 atom stereocenters. The first-order chi connectivity index (χ1) is 8.61. The van der Waals surface area contributed by atoms with Crippen molar-refractivity contribution in [1.29, 1.82) is 0 Å². The maximum atomic E-state index is 8.79. The van der Waals surface area contributed by atoms with E-state index in [1.165, 1.54) is 0 Å². The highest BCUT2D eigenvalue weighted by molar-refractivity contribution is 5.51. The molecule has 98 valence electrons. The van der Waals surface area contributed by atoms with E-state index in [1.54, 1.807) is 48.5 Å². The van der Waals surface area contributed by atoms with Crippen molar-refractivity contribution in [3.63, 3.8) is 0 Å². The molecule has 0 aliphatic rings. The maximum Gasteiger partial charge on any atom is 0.138 e. The molecule has 0 heterocycles. The van der Waals surface area contributed by atoms with Gasteiger partial charge in [0.1, 0.15) is 11.5 Å². The summed E-state index contributed by atoms with van der Waals surface area (Å²) < 4.78 is 0. The third kappa shape index (κ3) is 5.65. The number of para-hydroxylation sites is 4. The second kappa shape index (κ2) is 8.75. The van der Waals surface area contributed by atoms with Crippen LogP contribution in [0.4, 0.5) is 11.4 Å². The van der Waals surface area contributed by atoms with E-state index in [2.05, 4.69) is 0 Å². The molecule has 0 aliphatic carbocycles. The third-order valence-electron chi connectivity index (χ3n) is 1.87. The Kier molecular flexibility index (Phi) is 7.61. The van der Waals surface area contributed by atoms with E-state index in [9.17, 15) is 0 Å². The Morgan fingerprint density at radius 2 is 0.944 bits per heavy atom. The van der Waals surface area contributed by atoms with Crippen LogP contribution < -0.4 is 11.5 Å². The number of hydrogen-bond acceptors (Lipinski definition) is 4. The van der Waals surface area contributed by atoms with Crippen LogP contribution in [0, 0.1) is 0 Å². The fourth-order valence-electron chi connectivity index (χ4n) is 0.975. The summed E-state index contributed by atoms with van der Waals surface area (Å²) in [5.41, 5.74) is 11.4. The minimum Gasteiger partial charge on any atom is -0.506 e.